The van der Waals surface area contributed by atoms with Crippen LogP contribution in [-0.2, 0) is 10.8 Å². The monoisotopic (exact) mass is 231 g/mol. The van der Waals surface area contributed by atoms with Crippen molar-refractivity contribution in [2.75, 3.05) is 18.8 Å². The molecular formula is C12H25NOS. The second-order valence-corrected chi connectivity index (χ2v) is 6.57. The third-order valence-electron chi connectivity index (χ3n) is 3.17. The van der Waals surface area contributed by atoms with Crippen LogP contribution in [0.4, 0.5) is 0 Å². The van der Waals surface area contributed by atoms with Crippen LogP contribution in [0, 0.1) is 5.92 Å². The first kappa shape index (κ1) is 13.2. The number of nitrogens with one attached hydrogen (secondary N) is 1. The van der Waals surface area contributed by atoms with Crippen LogP contribution < -0.4 is 5.32 Å². The molecule has 90 valence electrons. The van der Waals surface area contributed by atoms with Gasteiger partial charge in [0.05, 0.1) is 0 Å². The Morgan fingerprint density at radius 2 is 2.13 bits per heavy atom. The molecule has 3 unspecified atom stereocenters. The molecule has 2 nitrogen and oxygen atoms in total. The lowest BCUT2D eigenvalue weighted by molar-refractivity contribution is 0.389. The molecule has 0 radical (unpaired) electrons. The molecule has 1 saturated carbocycles. The zero-order valence-corrected chi connectivity index (χ0v) is 10.9. The molecule has 1 aliphatic carbocycles. The van der Waals surface area contributed by atoms with Crippen molar-refractivity contribution >= 4 is 10.8 Å². The summed E-state index contributed by atoms with van der Waals surface area (Å²) in [6.07, 6.45) is 6.14. The average Bonchev–Trinajstić information content (AvgIpc) is 2.24. The quantitative estimate of drug-likeness (QED) is 0.711. The van der Waals surface area contributed by atoms with Gasteiger partial charge in [-0.1, -0.05) is 26.7 Å². The van der Waals surface area contributed by atoms with Gasteiger partial charge in [0.15, 0.2) is 0 Å². The molecule has 0 aromatic carbocycles. The minimum atomic E-state index is -0.593. The van der Waals surface area contributed by atoms with Gasteiger partial charge >= 0.3 is 0 Å². The van der Waals surface area contributed by atoms with Gasteiger partial charge in [-0.05, 0) is 31.7 Å². The van der Waals surface area contributed by atoms with Gasteiger partial charge in [-0.3, -0.25) is 4.21 Å². The van der Waals surface area contributed by atoms with Crippen LogP contribution in [-0.4, -0.2) is 28.3 Å². The first-order valence-corrected chi connectivity index (χ1v) is 7.70. The smallest absolute Gasteiger partial charge is 0.0362 e. The molecule has 3 heteroatoms. The van der Waals surface area contributed by atoms with Gasteiger partial charge in [0, 0.05) is 28.3 Å². The van der Waals surface area contributed by atoms with E-state index in [0.717, 1.165) is 31.2 Å². The van der Waals surface area contributed by atoms with E-state index in [1.54, 1.807) is 0 Å². The molecule has 15 heavy (non-hydrogen) atoms. The van der Waals surface area contributed by atoms with Gasteiger partial charge in [0.1, 0.15) is 0 Å². The molecule has 1 aliphatic rings. The standard InChI is InChI=1S/C12H25NOS/c1-3-7-13-8-9-15(14)12-6-4-5-11(2)10-12/h11-13H,3-10H2,1-2H3. The van der Waals surface area contributed by atoms with Gasteiger partial charge < -0.3 is 5.32 Å². The van der Waals surface area contributed by atoms with Gasteiger partial charge in [0.2, 0.25) is 0 Å². The third kappa shape index (κ3) is 5.12. The molecule has 3 atom stereocenters. The molecule has 0 aromatic rings. The lowest BCUT2D eigenvalue weighted by Crippen LogP contribution is -2.29. The van der Waals surface area contributed by atoms with Crippen molar-refractivity contribution in [1.29, 1.82) is 0 Å². The van der Waals surface area contributed by atoms with Crippen LogP contribution in [0.25, 0.3) is 0 Å². The van der Waals surface area contributed by atoms with E-state index in [0.29, 0.717) is 5.25 Å². The summed E-state index contributed by atoms with van der Waals surface area (Å²) in [5.41, 5.74) is 0. The van der Waals surface area contributed by atoms with Crippen LogP contribution in [0.15, 0.2) is 0 Å². The molecule has 0 amide bonds. The maximum absolute atomic E-state index is 12.0. The van der Waals surface area contributed by atoms with Crippen molar-refractivity contribution in [1.82, 2.24) is 5.32 Å². The van der Waals surface area contributed by atoms with Crippen LogP contribution in [0.1, 0.15) is 46.0 Å². The third-order valence-corrected chi connectivity index (χ3v) is 4.95. The van der Waals surface area contributed by atoms with E-state index in [1.807, 2.05) is 0 Å². The fourth-order valence-corrected chi connectivity index (χ4v) is 3.91. The lowest BCUT2D eigenvalue weighted by atomic mass is 9.91. The van der Waals surface area contributed by atoms with Crippen LogP contribution in [0.2, 0.25) is 0 Å². The van der Waals surface area contributed by atoms with E-state index in [2.05, 4.69) is 19.2 Å². The van der Waals surface area contributed by atoms with Crippen LogP contribution in [0.3, 0.4) is 0 Å². The SMILES string of the molecule is CCCNCCS(=O)C1CCCC(C)C1. The topological polar surface area (TPSA) is 29.1 Å². The fourth-order valence-electron chi connectivity index (χ4n) is 2.26. The Morgan fingerprint density at radius 1 is 1.33 bits per heavy atom. The van der Waals surface area contributed by atoms with E-state index in [4.69, 9.17) is 0 Å². The highest BCUT2D eigenvalue weighted by atomic mass is 32.2. The zero-order valence-electron chi connectivity index (χ0n) is 10.1. The van der Waals surface area contributed by atoms with Crippen LogP contribution >= 0.6 is 0 Å². The Bertz CT molecular complexity index is 196. The highest BCUT2D eigenvalue weighted by molar-refractivity contribution is 7.85. The molecule has 1 fully saturated rings. The van der Waals surface area contributed by atoms with Crippen LogP contribution in [0.5, 0.6) is 0 Å². The predicted molar refractivity (Wildman–Crippen MR) is 67.6 cm³/mol. The highest BCUT2D eigenvalue weighted by Crippen LogP contribution is 2.26. The summed E-state index contributed by atoms with van der Waals surface area (Å²) in [4.78, 5) is 0. The van der Waals surface area contributed by atoms with E-state index >= 15 is 0 Å². The average molecular weight is 231 g/mol. The molecule has 0 aromatic heterocycles. The lowest BCUT2D eigenvalue weighted by Gasteiger charge is -2.26. The fraction of sp³-hybridized carbons (Fsp3) is 1.00. The number of rotatable bonds is 6. The van der Waals surface area contributed by atoms with E-state index in [-0.39, 0.29) is 0 Å². The number of hydrogen-bond acceptors (Lipinski definition) is 2. The molecule has 0 saturated heterocycles. The summed E-state index contributed by atoms with van der Waals surface area (Å²) >= 11 is 0. The summed E-state index contributed by atoms with van der Waals surface area (Å²) in [5, 5.41) is 3.81. The van der Waals surface area contributed by atoms with Crippen molar-refractivity contribution in [2.45, 2.75) is 51.2 Å². The minimum absolute atomic E-state index is 0.483. The zero-order chi connectivity index (χ0) is 11.1. The summed E-state index contributed by atoms with van der Waals surface area (Å²) in [5.74, 6) is 1.63. The molecule has 1 N–H and O–H groups in total. The van der Waals surface area contributed by atoms with E-state index < -0.39 is 10.8 Å². The first-order valence-electron chi connectivity index (χ1n) is 6.32. The van der Waals surface area contributed by atoms with Gasteiger partial charge in [-0.25, -0.2) is 0 Å². The van der Waals surface area contributed by atoms with Gasteiger partial charge in [-0.2, -0.15) is 0 Å². The molecule has 0 spiro atoms. The Morgan fingerprint density at radius 3 is 2.80 bits per heavy atom. The summed E-state index contributed by atoms with van der Waals surface area (Å²) < 4.78 is 12.0. The number of hydrogen-bond donors (Lipinski definition) is 1. The highest BCUT2D eigenvalue weighted by Gasteiger charge is 2.23. The van der Waals surface area contributed by atoms with Crippen molar-refractivity contribution in [3.63, 3.8) is 0 Å². The largest absolute Gasteiger partial charge is 0.316 e. The molecule has 1 rings (SSSR count). The molecule has 0 aliphatic heterocycles. The summed E-state index contributed by atoms with van der Waals surface area (Å²) in [6, 6.07) is 0. The Hall–Kier alpha value is 0.110. The normalized spacial score (nSPS) is 28.9. The van der Waals surface area contributed by atoms with E-state index in [9.17, 15) is 4.21 Å². The first-order chi connectivity index (χ1) is 7.24. The second kappa shape index (κ2) is 7.39. The Kier molecular flexibility index (Phi) is 6.50. The van der Waals surface area contributed by atoms with Gasteiger partial charge in [0.25, 0.3) is 0 Å². The molecule has 0 bridgehead atoms. The van der Waals surface area contributed by atoms with Gasteiger partial charge in [-0.15, -0.1) is 0 Å². The summed E-state index contributed by atoms with van der Waals surface area (Å²) in [6.45, 7) is 6.43. The predicted octanol–water partition coefficient (Wildman–Crippen LogP) is 2.31. The van der Waals surface area contributed by atoms with Crippen molar-refractivity contribution in [3.05, 3.63) is 0 Å². The van der Waals surface area contributed by atoms with Crippen molar-refractivity contribution in [2.24, 2.45) is 5.92 Å². The van der Waals surface area contributed by atoms with Crippen molar-refractivity contribution < 1.29 is 4.21 Å². The Balaban J connectivity index is 2.15. The Labute approximate surface area is 96.7 Å². The molecular weight excluding hydrogens is 206 g/mol. The maximum Gasteiger partial charge on any atom is 0.0362 e. The van der Waals surface area contributed by atoms with Crippen molar-refractivity contribution in [3.8, 4) is 0 Å². The second-order valence-electron chi connectivity index (χ2n) is 4.73. The maximum atomic E-state index is 12.0. The minimum Gasteiger partial charge on any atom is -0.316 e. The molecule has 0 heterocycles. The van der Waals surface area contributed by atoms with E-state index in [1.165, 1.54) is 25.7 Å². The summed E-state index contributed by atoms with van der Waals surface area (Å²) in [7, 11) is -0.593.